The summed E-state index contributed by atoms with van der Waals surface area (Å²) in [5, 5.41) is 13.9. The molecule has 1 aliphatic heterocycles. The standard InChI is InChI=1S/C23H18N2O4/c1-2-29-22-9-4-3-6-17(22)13-20-19-11-10-16(14-21(19)24-23(20)26)15-7-5-8-18(12-15)25(27)28/h3-14H,2H2,1H3,(H,24,26). The molecular formula is C23H18N2O4. The number of nitro groups is 1. The number of rotatable bonds is 5. The molecule has 1 amide bonds. The van der Waals surface area contributed by atoms with Gasteiger partial charge in [0, 0.05) is 34.5 Å². The Morgan fingerprint density at radius 1 is 1.03 bits per heavy atom. The normalized spacial score (nSPS) is 13.8. The number of anilines is 1. The maximum atomic E-state index is 12.6. The van der Waals surface area contributed by atoms with E-state index in [-0.39, 0.29) is 11.6 Å². The molecule has 0 spiro atoms. The zero-order chi connectivity index (χ0) is 20.4. The van der Waals surface area contributed by atoms with Crippen LogP contribution in [0.4, 0.5) is 11.4 Å². The van der Waals surface area contributed by atoms with E-state index in [1.54, 1.807) is 12.1 Å². The Labute approximate surface area is 167 Å². The van der Waals surface area contributed by atoms with Crippen LogP contribution < -0.4 is 10.1 Å². The van der Waals surface area contributed by atoms with Crippen LogP contribution in [0.1, 0.15) is 18.1 Å². The number of nitro benzene ring substituents is 1. The van der Waals surface area contributed by atoms with E-state index in [0.29, 0.717) is 17.9 Å². The molecule has 4 rings (SSSR count). The van der Waals surface area contributed by atoms with Gasteiger partial charge in [-0.1, -0.05) is 42.5 Å². The van der Waals surface area contributed by atoms with Gasteiger partial charge in [-0.15, -0.1) is 0 Å². The number of nitrogens with one attached hydrogen (secondary N) is 1. The lowest BCUT2D eigenvalue weighted by atomic mass is 9.99. The molecule has 1 heterocycles. The van der Waals surface area contributed by atoms with E-state index in [4.69, 9.17) is 4.74 Å². The van der Waals surface area contributed by atoms with Gasteiger partial charge < -0.3 is 10.1 Å². The number of benzene rings is 3. The first-order valence-electron chi connectivity index (χ1n) is 9.21. The van der Waals surface area contributed by atoms with Crippen molar-refractivity contribution in [3.8, 4) is 16.9 Å². The van der Waals surface area contributed by atoms with Gasteiger partial charge in [0.1, 0.15) is 5.75 Å². The zero-order valence-corrected chi connectivity index (χ0v) is 15.7. The van der Waals surface area contributed by atoms with Crippen molar-refractivity contribution >= 4 is 28.9 Å². The van der Waals surface area contributed by atoms with Crippen LogP contribution in [-0.2, 0) is 4.79 Å². The summed E-state index contributed by atoms with van der Waals surface area (Å²) in [6.07, 6.45) is 1.82. The van der Waals surface area contributed by atoms with Crippen molar-refractivity contribution in [1.29, 1.82) is 0 Å². The van der Waals surface area contributed by atoms with Crippen molar-refractivity contribution in [2.75, 3.05) is 11.9 Å². The number of amides is 1. The van der Waals surface area contributed by atoms with Gasteiger partial charge in [0.2, 0.25) is 0 Å². The summed E-state index contributed by atoms with van der Waals surface area (Å²) in [6.45, 7) is 2.45. The van der Waals surface area contributed by atoms with E-state index in [9.17, 15) is 14.9 Å². The minimum Gasteiger partial charge on any atom is -0.493 e. The maximum Gasteiger partial charge on any atom is 0.270 e. The van der Waals surface area contributed by atoms with Gasteiger partial charge in [0.25, 0.3) is 11.6 Å². The number of ether oxygens (including phenoxy) is 1. The Kier molecular flexibility index (Phi) is 4.83. The summed E-state index contributed by atoms with van der Waals surface area (Å²) in [5.41, 5.74) is 4.39. The molecule has 0 atom stereocenters. The maximum absolute atomic E-state index is 12.6. The number of hydrogen-bond donors (Lipinski definition) is 1. The highest BCUT2D eigenvalue weighted by molar-refractivity contribution is 6.35. The van der Waals surface area contributed by atoms with Crippen LogP contribution in [0.15, 0.2) is 66.7 Å². The van der Waals surface area contributed by atoms with Crippen molar-refractivity contribution in [3.05, 3.63) is 88.0 Å². The molecule has 144 valence electrons. The van der Waals surface area contributed by atoms with Gasteiger partial charge in [-0.05, 0) is 36.3 Å². The third-order valence-electron chi connectivity index (χ3n) is 4.71. The SMILES string of the molecule is CCOc1ccccc1C=C1C(=O)Nc2cc(-c3cccc([N+](=O)[O-])c3)ccc21. The number of carbonyl (C=O) groups excluding carboxylic acids is 1. The van der Waals surface area contributed by atoms with Crippen LogP contribution in [0.5, 0.6) is 5.75 Å². The Bertz CT molecular complexity index is 1150. The molecule has 0 aliphatic carbocycles. The van der Waals surface area contributed by atoms with E-state index in [1.165, 1.54) is 12.1 Å². The molecule has 0 bridgehead atoms. The molecule has 3 aromatic rings. The molecule has 0 saturated carbocycles. The first kappa shape index (κ1) is 18.4. The van der Waals surface area contributed by atoms with E-state index < -0.39 is 4.92 Å². The number of para-hydroxylation sites is 1. The first-order valence-corrected chi connectivity index (χ1v) is 9.21. The van der Waals surface area contributed by atoms with Crippen LogP contribution in [0.25, 0.3) is 22.8 Å². The van der Waals surface area contributed by atoms with Crippen LogP contribution in [0.2, 0.25) is 0 Å². The van der Waals surface area contributed by atoms with Gasteiger partial charge in [-0.3, -0.25) is 14.9 Å². The highest BCUT2D eigenvalue weighted by Gasteiger charge is 2.25. The molecule has 6 nitrogen and oxygen atoms in total. The van der Waals surface area contributed by atoms with Gasteiger partial charge in [0.15, 0.2) is 0 Å². The Balaban J connectivity index is 1.73. The van der Waals surface area contributed by atoms with Crippen molar-refractivity contribution < 1.29 is 14.5 Å². The highest BCUT2D eigenvalue weighted by atomic mass is 16.6. The van der Waals surface area contributed by atoms with Gasteiger partial charge >= 0.3 is 0 Å². The quantitative estimate of drug-likeness (QED) is 0.373. The Hall–Kier alpha value is -3.93. The highest BCUT2D eigenvalue weighted by Crippen LogP contribution is 2.37. The fraction of sp³-hybridized carbons (Fsp3) is 0.0870. The molecule has 0 radical (unpaired) electrons. The minimum absolute atomic E-state index is 0.0279. The van der Waals surface area contributed by atoms with Crippen molar-refractivity contribution in [1.82, 2.24) is 0 Å². The lowest BCUT2D eigenvalue weighted by Gasteiger charge is -2.07. The van der Waals surface area contributed by atoms with E-state index >= 15 is 0 Å². The number of carbonyl (C=O) groups is 1. The molecule has 0 saturated heterocycles. The van der Waals surface area contributed by atoms with E-state index in [0.717, 1.165) is 28.0 Å². The lowest BCUT2D eigenvalue weighted by molar-refractivity contribution is -0.384. The molecule has 1 N–H and O–H groups in total. The lowest BCUT2D eigenvalue weighted by Crippen LogP contribution is -2.03. The predicted octanol–water partition coefficient (Wildman–Crippen LogP) is 5.15. The Morgan fingerprint density at radius 2 is 1.83 bits per heavy atom. The molecule has 0 fully saturated rings. The minimum atomic E-state index is -0.421. The van der Waals surface area contributed by atoms with E-state index in [1.807, 2.05) is 55.5 Å². The third-order valence-corrected chi connectivity index (χ3v) is 4.71. The molecule has 29 heavy (non-hydrogen) atoms. The zero-order valence-electron chi connectivity index (χ0n) is 15.7. The number of non-ortho nitro benzene ring substituents is 1. The van der Waals surface area contributed by atoms with Gasteiger partial charge in [-0.25, -0.2) is 0 Å². The molecular weight excluding hydrogens is 368 g/mol. The third kappa shape index (κ3) is 3.60. The number of fused-ring (bicyclic) bond motifs is 1. The monoisotopic (exact) mass is 386 g/mol. The number of hydrogen-bond acceptors (Lipinski definition) is 4. The summed E-state index contributed by atoms with van der Waals surface area (Å²) in [4.78, 5) is 23.2. The molecule has 1 aliphatic rings. The number of nitrogens with zero attached hydrogens (tertiary/aromatic N) is 1. The molecule has 6 heteroatoms. The fourth-order valence-corrected chi connectivity index (χ4v) is 3.36. The molecule has 0 unspecified atom stereocenters. The average molecular weight is 386 g/mol. The molecule has 3 aromatic carbocycles. The van der Waals surface area contributed by atoms with Crippen molar-refractivity contribution in [3.63, 3.8) is 0 Å². The van der Waals surface area contributed by atoms with Crippen molar-refractivity contribution in [2.24, 2.45) is 0 Å². The van der Waals surface area contributed by atoms with E-state index in [2.05, 4.69) is 5.32 Å². The predicted molar refractivity (Wildman–Crippen MR) is 113 cm³/mol. The second kappa shape index (κ2) is 7.59. The summed E-state index contributed by atoms with van der Waals surface area (Å²) in [6, 6.07) is 19.5. The smallest absolute Gasteiger partial charge is 0.270 e. The van der Waals surface area contributed by atoms with Gasteiger partial charge in [-0.2, -0.15) is 0 Å². The summed E-state index contributed by atoms with van der Waals surface area (Å²) >= 11 is 0. The second-order valence-electron chi connectivity index (χ2n) is 6.55. The summed E-state index contributed by atoms with van der Waals surface area (Å²) in [7, 11) is 0. The van der Waals surface area contributed by atoms with Gasteiger partial charge in [0.05, 0.1) is 11.5 Å². The molecule has 0 aromatic heterocycles. The second-order valence-corrected chi connectivity index (χ2v) is 6.55. The van der Waals surface area contributed by atoms with Crippen LogP contribution in [0, 0.1) is 10.1 Å². The van der Waals surface area contributed by atoms with Crippen LogP contribution in [0.3, 0.4) is 0 Å². The van der Waals surface area contributed by atoms with Crippen LogP contribution >= 0.6 is 0 Å². The summed E-state index contributed by atoms with van der Waals surface area (Å²) in [5.74, 6) is 0.527. The largest absolute Gasteiger partial charge is 0.493 e. The van der Waals surface area contributed by atoms with Crippen molar-refractivity contribution in [2.45, 2.75) is 6.92 Å². The first-order chi connectivity index (χ1) is 14.1. The Morgan fingerprint density at radius 3 is 2.62 bits per heavy atom. The van der Waals surface area contributed by atoms with Crippen LogP contribution in [-0.4, -0.2) is 17.4 Å². The average Bonchev–Trinajstić information content (AvgIpc) is 3.04. The summed E-state index contributed by atoms with van der Waals surface area (Å²) < 4.78 is 5.65. The topological polar surface area (TPSA) is 81.5 Å². The fourth-order valence-electron chi connectivity index (χ4n) is 3.36.